The summed E-state index contributed by atoms with van der Waals surface area (Å²) in [4.78, 5) is 32.2. The minimum atomic E-state index is -0.415. The van der Waals surface area contributed by atoms with E-state index in [2.05, 4.69) is 22.0 Å². The Labute approximate surface area is 151 Å². The molecular formula is C18H21N3O3S. The lowest BCUT2D eigenvalue weighted by molar-refractivity contribution is -0.151. The normalized spacial score (nSPS) is 14.4. The Bertz CT molecular complexity index is 724. The van der Waals surface area contributed by atoms with Crippen molar-refractivity contribution in [3.63, 3.8) is 0 Å². The number of anilines is 1. The summed E-state index contributed by atoms with van der Waals surface area (Å²) in [6.07, 6.45) is 0.111. The molecular weight excluding hydrogens is 338 g/mol. The molecule has 0 radical (unpaired) electrons. The van der Waals surface area contributed by atoms with E-state index >= 15 is 0 Å². The number of carbonyl (C=O) groups excluding carboxylic acids is 2. The fourth-order valence-corrected chi connectivity index (χ4v) is 3.39. The van der Waals surface area contributed by atoms with Crippen LogP contribution in [0.25, 0.3) is 0 Å². The first-order chi connectivity index (χ1) is 12.1. The molecule has 0 bridgehead atoms. The van der Waals surface area contributed by atoms with Gasteiger partial charge in [0, 0.05) is 37.2 Å². The first-order valence-corrected chi connectivity index (χ1v) is 9.14. The van der Waals surface area contributed by atoms with Gasteiger partial charge in [0.15, 0.2) is 6.61 Å². The highest BCUT2D eigenvalue weighted by Crippen LogP contribution is 2.15. The minimum absolute atomic E-state index is 0.111. The summed E-state index contributed by atoms with van der Waals surface area (Å²) in [6.45, 7) is 4.52. The van der Waals surface area contributed by atoms with E-state index in [0.29, 0.717) is 18.8 Å². The smallest absolute Gasteiger partial charge is 0.312 e. The summed E-state index contributed by atoms with van der Waals surface area (Å²) in [5, 5.41) is 2.75. The number of para-hydroxylation sites is 1. The van der Waals surface area contributed by atoms with Gasteiger partial charge in [0.25, 0.3) is 5.91 Å². The topological polar surface area (TPSA) is 62.7 Å². The van der Waals surface area contributed by atoms with Gasteiger partial charge in [0.05, 0.1) is 17.1 Å². The molecule has 0 saturated carbocycles. The molecule has 0 N–H and O–H groups in total. The number of carbonyl (C=O) groups is 2. The summed E-state index contributed by atoms with van der Waals surface area (Å²) in [7, 11) is 0. The predicted octanol–water partition coefficient (Wildman–Crippen LogP) is 1.89. The van der Waals surface area contributed by atoms with E-state index < -0.39 is 5.97 Å². The first kappa shape index (κ1) is 17.4. The molecule has 2 aromatic rings. The molecule has 0 spiro atoms. The van der Waals surface area contributed by atoms with Gasteiger partial charge in [-0.05, 0) is 19.1 Å². The molecule has 6 nitrogen and oxygen atoms in total. The summed E-state index contributed by atoms with van der Waals surface area (Å²) in [6, 6.07) is 10.1. The van der Waals surface area contributed by atoms with Crippen LogP contribution in [0.1, 0.15) is 10.7 Å². The number of thiazole rings is 1. The summed E-state index contributed by atoms with van der Waals surface area (Å²) >= 11 is 1.49. The quantitative estimate of drug-likeness (QED) is 0.763. The highest BCUT2D eigenvalue weighted by molar-refractivity contribution is 7.09. The Morgan fingerprint density at radius 3 is 2.52 bits per heavy atom. The number of nitrogens with zero attached hydrogens (tertiary/aromatic N) is 3. The van der Waals surface area contributed by atoms with Crippen molar-refractivity contribution in [2.75, 3.05) is 37.7 Å². The lowest BCUT2D eigenvalue weighted by atomic mass is 10.2. The third kappa shape index (κ3) is 4.79. The van der Waals surface area contributed by atoms with Gasteiger partial charge >= 0.3 is 5.97 Å². The zero-order valence-electron chi connectivity index (χ0n) is 14.2. The maximum atomic E-state index is 12.2. The van der Waals surface area contributed by atoms with Crippen LogP contribution >= 0.6 is 11.3 Å². The Morgan fingerprint density at radius 1 is 1.16 bits per heavy atom. The van der Waals surface area contributed by atoms with Crippen molar-refractivity contribution in [3.05, 3.63) is 46.4 Å². The Morgan fingerprint density at radius 2 is 1.88 bits per heavy atom. The molecule has 7 heteroatoms. The van der Waals surface area contributed by atoms with Crippen LogP contribution in [0.3, 0.4) is 0 Å². The van der Waals surface area contributed by atoms with Gasteiger partial charge in [-0.1, -0.05) is 18.2 Å². The second-order valence-corrected chi connectivity index (χ2v) is 6.96. The summed E-state index contributed by atoms with van der Waals surface area (Å²) < 4.78 is 5.10. The van der Waals surface area contributed by atoms with Crippen LogP contribution in [0, 0.1) is 6.92 Å². The van der Waals surface area contributed by atoms with Gasteiger partial charge in [0.1, 0.15) is 0 Å². The molecule has 0 aliphatic carbocycles. The number of hydrogen-bond donors (Lipinski definition) is 0. The van der Waals surface area contributed by atoms with Gasteiger partial charge in [-0.25, -0.2) is 4.98 Å². The number of aromatic nitrogens is 1. The molecule has 132 valence electrons. The van der Waals surface area contributed by atoms with Gasteiger partial charge in [0.2, 0.25) is 0 Å². The van der Waals surface area contributed by atoms with Crippen LogP contribution in [0.2, 0.25) is 0 Å². The van der Waals surface area contributed by atoms with E-state index in [9.17, 15) is 9.59 Å². The van der Waals surface area contributed by atoms with E-state index in [4.69, 9.17) is 4.74 Å². The van der Waals surface area contributed by atoms with E-state index in [1.165, 1.54) is 17.0 Å². The van der Waals surface area contributed by atoms with E-state index in [1.54, 1.807) is 4.90 Å². The van der Waals surface area contributed by atoms with Gasteiger partial charge < -0.3 is 14.5 Å². The van der Waals surface area contributed by atoms with Crippen LogP contribution in [0.5, 0.6) is 0 Å². The van der Waals surface area contributed by atoms with Crippen molar-refractivity contribution < 1.29 is 14.3 Å². The Hall–Kier alpha value is -2.41. The Kier molecular flexibility index (Phi) is 5.65. The van der Waals surface area contributed by atoms with Crippen molar-refractivity contribution in [2.45, 2.75) is 13.3 Å². The molecule has 0 atom stereocenters. The maximum absolute atomic E-state index is 12.2. The van der Waals surface area contributed by atoms with Crippen LogP contribution < -0.4 is 4.90 Å². The van der Waals surface area contributed by atoms with Gasteiger partial charge in [-0.3, -0.25) is 9.59 Å². The zero-order chi connectivity index (χ0) is 17.6. The van der Waals surface area contributed by atoms with Gasteiger partial charge in [-0.15, -0.1) is 11.3 Å². The molecule has 2 heterocycles. The van der Waals surface area contributed by atoms with Crippen molar-refractivity contribution in [1.82, 2.24) is 9.88 Å². The van der Waals surface area contributed by atoms with E-state index in [0.717, 1.165) is 18.1 Å². The molecule has 1 saturated heterocycles. The lowest BCUT2D eigenvalue weighted by Gasteiger charge is -2.36. The van der Waals surface area contributed by atoms with Crippen molar-refractivity contribution in [1.29, 1.82) is 0 Å². The average Bonchev–Trinajstić information content (AvgIpc) is 3.05. The highest BCUT2D eigenvalue weighted by Gasteiger charge is 2.22. The van der Waals surface area contributed by atoms with E-state index in [-0.39, 0.29) is 18.9 Å². The summed E-state index contributed by atoms with van der Waals surface area (Å²) in [5.74, 6) is -0.558. The number of rotatable bonds is 5. The molecule has 1 fully saturated rings. The zero-order valence-corrected chi connectivity index (χ0v) is 15.0. The molecule has 1 aromatic heterocycles. The number of esters is 1. The summed E-state index contributed by atoms with van der Waals surface area (Å²) in [5.41, 5.74) is 1.86. The fraction of sp³-hybridized carbons (Fsp3) is 0.389. The standard InChI is InChI=1S/C18H21N3O3S/c1-14-19-15(13-25-14)11-18(23)24-12-17(22)21-9-7-20(8-10-21)16-5-3-2-4-6-16/h2-6,13H,7-12H2,1H3. The van der Waals surface area contributed by atoms with Crippen LogP contribution in [-0.4, -0.2) is 54.5 Å². The average molecular weight is 359 g/mol. The molecule has 3 rings (SSSR count). The number of amides is 1. The predicted molar refractivity (Wildman–Crippen MR) is 96.7 cm³/mol. The molecule has 1 aliphatic rings. The molecule has 0 unspecified atom stereocenters. The minimum Gasteiger partial charge on any atom is -0.455 e. The fourth-order valence-electron chi connectivity index (χ4n) is 2.77. The van der Waals surface area contributed by atoms with Crippen LogP contribution in [0.4, 0.5) is 5.69 Å². The lowest BCUT2D eigenvalue weighted by Crippen LogP contribution is -2.49. The second kappa shape index (κ2) is 8.11. The van der Waals surface area contributed by atoms with Crippen molar-refractivity contribution in [2.24, 2.45) is 0 Å². The van der Waals surface area contributed by atoms with E-state index in [1.807, 2.05) is 30.5 Å². The highest BCUT2D eigenvalue weighted by atomic mass is 32.1. The number of aryl methyl sites for hydroxylation is 1. The van der Waals surface area contributed by atoms with Crippen LogP contribution in [-0.2, 0) is 20.7 Å². The number of piperazine rings is 1. The monoisotopic (exact) mass is 359 g/mol. The number of benzene rings is 1. The van der Waals surface area contributed by atoms with Crippen LogP contribution in [0.15, 0.2) is 35.7 Å². The molecule has 1 aliphatic heterocycles. The third-order valence-electron chi connectivity index (χ3n) is 4.10. The third-order valence-corrected chi connectivity index (χ3v) is 4.92. The molecule has 1 amide bonds. The number of hydrogen-bond acceptors (Lipinski definition) is 6. The first-order valence-electron chi connectivity index (χ1n) is 8.26. The molecule has 25 heavy (non-hydrogen) atoms. The molecule has 1 aromatic carbocycles. The number of ether oxygens (including phenoxy) is 1. The van der Waals surface area contributed by atoms with Crippen molar-refractivity contribution >= 4 is 28.9 Å². The largest absolute Gasteiger partial charge is 0.455 e. The Balaban J connectivity index is 1.41. The maximum Gasteiger partial charge on any atom is 0.312 e. The second-order valence-electron chi connectivity index (χ2n) is 5.90. The van der Waals surface area contributed by atoms with Crippen molar-refractivity contribution in [3.8, 4) is 0 Å². The van der Waals surface area contributed by atoms with Gasteiger partial charge in [-0.2, -0.15) is 0 Å². The SMILES string of the molecule is Cc1nc(CC(=O)OCC(=O)N2CCN(c3ccccc3)CC2)cs1.